The van der Waals surface area contributed by atoms with E-state index in [2.05, 4.69) is 27.4 Å². The lowest BCUT2D eigenvalue weighted by molar-refractivity contribution is -0.0865. The molecule has 1 N–H and O–H groups in total. The summed E-state index contributed by atoms with van der Waals surface area (Å²) in [5.41, 5.74) is -0.298. The second kappa shape index (κ2) is 5.65. The lowest BCUT2D eigenvalue weighted by atomic mass is 9.64. The Kier molecular flexibility index (Phi) is 4.37. The summed E-state index contributed by atoms with van der Waals surface area (Å²) in [5.74, 6) is 0.659. The number of hydrogen-bond acceptors (Lipinski definition) is 4. The highest BCUT2D eigenvalue weighted by Crippen LogP contribution is 2.61. The van der Waals surface area contributed by atoms with Crippen molar-refractivity contribution < 1.29 is 19.0 Å². The van der Waals surface area contributed by atoms with E-state index in [0.717, 1.165) is 25.9 Å². The van der Waals surface area contributed by atoms with Crippen molar-refractivity contribution in [3.8, 4) is 0 Å². The Bertz CT molecular complexity index is 508. The second-order valence-electron chi connectivity index (χ2n) is 9.44. The fourth-order valence-electron chi connectivity index (χ4n) is 4.81. The molecule has 0 aromatic heterocycles. The van der Waals surface area contributed by atoms with Gasteiger partial charge in [0.1, 0.15) is 11.7 Å². The molecule has 1 saturated carbocycles. The quantitative estimate of drug-likeness (QED) is 0.450. The van der Waals surface area contributed by atoms with Crippen LogP contribution in [0.4, 0.5) is 0 Å². The molecular weight excluding hydrogens is 320 g/mol. The van der Waals surface area contributed by atoms with Gasteiger partial charge < -0.3 is 19.0 Å². The van der Waals surface area contributed by atoms with Gasteiger partial charge in [-0.3, -0.25) is 0 Å². The molecule has 2 aliphatic heterocycles. The van der Waals surface area contributed by atoms with Gasteiger partial charge in [-0.05, 0) is 50.2 Å². The molecule has 1 aliphatic carbocycles. The summed E-state index contributed by atoms with van der Waals surface area (Å²) >= 11 is 0. The van der Waals surface area contributed by atoms with Gasteiger partial charge in [0.2, 0.25) is 0 Å². The van der Waals surface area contributed by atoms with Crippen molar-refractivity contribution in [3.63, 3.8) is 0 Å². The van der Waals surface area contributed by atoms with Crippen LogP contribution in [0.15, 0.2) is 12.7 Å². The molecule has 4 nitrogen and oxygen atoms in total. The SMILES string of the molecule is C=C[C@H]1OC1(C)[C@H]1[C@H](OC)[C@H](CC(C)(C)[Si](C)(C)O)CC[C@]12CO2. The van der Waals surface area contributed by atoms with Crippen LogP contribution in [0.5, 0.6) is 0 Å². The Labute approximate surface area is 147 Å². The first-order valence-electron chi connectivity index (χ1n) is 9.20. The monoisotopic (exact) mass is 354 g/mol. The van der Waals surface area contributed by atoms with E-state index in [-0.39, 0.29) is 34.4 Å². The van der Waals surface area contributed by atoms with Crippen LogP contribution in [0, 0.1) is 11.8 Å². The Morgan fingerprint density at radius 1 is 1.42 bits per heavy atom. The lowest BCUT2D eigenvalue weighted by Crippen LogP contribution is -2.53. The van der Waals surface area contributed by atoms with E-state index in [1.54, 1.807) is 0 Å². The zero-order chi connectivity index (χ0) is 18.0. The first kappa shape index (κ1) is 18.6. The predicted molar refractivity (Wildman–Crippen MR) is 97.5 cm³/mol. The minimum Gasteiger partial charge on any atom is -0.432 e. The number of hydrogen-bond donors (Lipinski definition) is 1. The molecule has 0 aromatic rings. The first-order chi connectivity index (χ1) is 11.0. The molecule has 1 spiro atoms. The number of methoxy groups -OCH3 is 1. The largest absolute Gasteiger partial charge is 0.432 e. The molecule has 0 bridgehead atoms. The highest BCUT2D eigenvalue weighted by molar-refractivity contribution is 6.72. The summed E-state index contributed by atoms with van der Waals surface area (Å²) in [6, 6.07) is 0. The number of epoxide rings is 2. The maximum absolute atomic E-state index is 10.7. The molecule has 3 rings (SSSR count). The lowest BCUT2D eigenvalue weighted by Gasteiger charge is -2.47. The summed E-state index contributed by atoms with van der Waals surface area (Å²) in [4.78, 5) is 10.7. The van der Waals surface area contributed by atoms with E-state index in [1.165, 1.54) is 0 Å². The minimum atomic E-state index is -2.24. The summed E-state index contributed by atoms with van der Waals surface area (Å²) in [6.45, 7) is 15.4. The average molecular weight is 355 g/mol. The number of rotatable bonds is 6. The standard InChI is InChI=1S/C19H34O4Si/c1-8-14-18(4,23-14)16-15(21-5)13(9-10-19(16)12-22-19)11-17(2,3)24(6,7)20/h8,13-16,20H,1,9-12H2,2-7H3/t13-,14+,15+,16+,18?,19-/m0/s1. The third-order valence-electron chi connectivity index (χ3n) is 7.23. The van der Waals surface area contributed by atoms with Crippen LogP contribution in [0.25, 0.3) is 0 Å². The molecule has 2 saturated heterocycles. The fraction of sp³-hybridized carbons (Fsp3) is 0.895. The number of ether oxygens (including phenoxy) is 3. The molecule has 2 heterocycles. The van der Waals surface area contributed by atoms with Gasteiger partial charge in [-0.1, -0.05) is 19.9 Å². The van der Waals surface area contributed by atoms with Crippen molar-refractivity contribution in [2.45, 2.75) is 81.6 Å². The van der Waals surface area contributed by atoms with Crippen LogP contribution >= 0.6 is 0 Å². The zero-order valence-electron chi connectivity index (χ0n) is 16.1. The van der Waals surface area contributed by atoms with Crippen LogP contribution < -0.4 is 0 Å². The van der Waals surface area contributed by atoms with Crippen molar-refractivity contribution in [1.82, 2.24) is 0 Å². The summed E-state index contributed by atoms with van der Waals surface area (Å²) in [5, 5.41) is -0.0446. The van der Waals surface area contributed by atoms with Gasteiger partial charge in [0.05, 0.1) is 18.3 Å². The van der Waals surface area contributed by atoms with Crippen LogP contribution in [0.1, 0.15) is 40.0 Å². The Morgan fingerprint density at radius 2 is 2.04 bits per heavy atom. The molecule has 0 aromatic carbocycles. The van der Waals surface area contributed by atoms with Gasteiger partial charge in [0.15, 0.2) is 8.32 Å². The summed E-state index contributed by atoms with van der Waals surface area (Å²) in [6.07, 6.45) is 5.25. The molecule has 138 valence electrons. The van der Waals surface area contributed by atoms with Crippen LogP contribution in [0.3, 0.4) is 0 Å². The third-order valence-corrected chi connectivity index (χ3v) is 10.8. The smallest absolute Gasteiger partial charge is 0.188 e. The van der Waals surface area contributed by atoms with Crippen LogP contribution in [-0.2, 0) is 14.2 Å². The van der Waals surface area contributed by atoms with E-state index < -0.39 is 8.32 Å². The molecule has 6 atom stereocenters. The molecule has 0 radical (unpaired) electrons. The van der Waals surface area contributed by atoms with Gasteiger partial charge in [-0.15, -0.1) is 6.58 Å². The average Bonchev–Trinajstić information content (AvgIpc) is 3.37. The van der Waals surface area contributed by atoms with E-state index in [4.69, 9.17) is 14.2 Å². The van der Waals surface area contributed by atoms with Gasteiger partial charge in [-0.2, -0.15) is 0 Å². The second-order valence-corrected chi connectivity index (χ2v) is 13.9. The van der Waals surface area contributed by atoms with Gasteiger partial charge in [0.25, 0.3) is 0 Å². The summed E-state index contributed by atoms with van der Waals surface area (Å²) in [7, 11) is -0.423. The molecule has 0 amide bonds. The summed E-state index contributed by atoms with van der Waals surface area (Å²) < 4.78 is 18.0. The van der Waals surface area contributed by atoms with E-state index in [1.807, 2.05) is 26.3 Å². The predicted octanol–water partition coefficient (Wildman–Crippen LogP) is 3.51. The van der Waals surface area contributed by atoms with Gasteiger partial charge in [0, 0.05) is 13.0 Å². The van der Waals surface area contributed by atoms with Crippen LogP contribution in [0.2, 0.25) is 18.1 Å². The van der Waals surface area contributed by atoms with E-state index in [0.29, 0.717) is 5.92 Å². The molecule has 3 fully saturated rings. The molecule has 24 heavy (non-hydrogen) atoms. The van der Waals surface area contributed by atoms with Crippen molar-refractivity contribution in [1.29, 1.82) is 0 Å². The molecule has 5 heteroatoms. The zero-order valence-corrected chi connectivity index (χ0v) is 17.1. The highest BCUT2D eigenvalue weighted by atomic mass is 28.4. The third kappa shape index (κ3) is 2.82. The molecular formula is C19H34O4Si. The molecule has 3 aliphatic rings. The van der Waals surface area contributed by atoms with Crippen LogP contribution in [-0.4, -0.2) is 50.2 Å². The van der Waals surface area contributed by atoms with Crippen molar-refractivity contribution in [2.24, 2.45) is 11.8 Å². The Balaban J connectivity index is 1.84. The first-order valence-corrected chi connectivity index (χ1v) is 12.1. The minimum absolute atomic E-state index is 0.0446. The highest BCUT2D eigenvalue weighted by Gasteiger charge is 2.71. The fourth-order valence-corrected chi connectivity index (χ4v) is 5.57. The Hall–Kier alpha value is -0.203. The van der Waals surface area contributed by atoms with E-state index >= 15 is 0 Å². The maximum Gasteiger partial charge on any atom is 0.188 e. The van der Waals surface area contributed by atoms with Crippen molar-refractivity contribution >= 4 is 8.32 Å². The van der Waals surface area contributed by atoms with Gasteiger partial charge >= 0.3 is 0 Å². The van der Waals surface area contributed by atoms with E-state index in [9.17, 15) is 4.80 Å². The maximum atomic E-state index is 10.7. The van der Waals surface area contributed by atoms with Gasteiger partial charge in [-0.25, -0.2) is 0 Å². The van der Waals surface area contributed by atoms with Crippen molar-refractivity contribution in [2.75, 3.05) is 13.7 Å². The molecule has 1 unspecified atom stereocenters. The topological polar surface area (TPSA) is 54.5 Å². The van der Waals surface area contributed by atoms with Crippen molar-refractivity contribution in [3.05, 3.63) is 12.7 Å². The normalized spacial score (nSPS) is 45.3. The Morgan fingerprint density at radius 3 is 2.46 bits per heavy atom.